The molecule has 1 aromatic carbocycles. The van der Waals surface area contributed by atoms with Gasteiger partial charge in [0.05, 0.1) is 6.61 Å². The Morgan fingerprint density at radius 1 is 1.24 bits per heavy atom. The van der Waals surface area contributed by atoms with Crippen LogP contribution in [-0.2, 0) is 4.74 Å². The van der Waals surface area contributed by atoms with Crippen LogP contribution in [0.1, 0.15) is 25.7 Å². The van der Waals surface area contributed by atoms with Gasteiger partial charge in [0.15, 0.2) is 0 Å². The Balaban J connectivity index is 1.52. The third-order valence-corrected chi connectivity index (χ3v) is 4.02. The van der Waals surface area contributed by atoms with E-state index in [0.717, 1.165) is 35.8 Å². The van der Waals surface area contributed by atoms with Gasteiger partial charge in [-0.2, -0.15) is 0 Å². The quantitative estimate of drug-likeness (QED) is 0.766. The first kappa shape index (κ1) is 12.9. The zero-order chi connectivity index (χ0) is 11.9. The van der Waals surface area contributed by atoms with Crippen molar-refractivity contribution in [2.24, 2.45) is 5.92 Å². The Kier molecular flexibility index (Phi) is 5.33. The molecule has 1 aliphatic rings. The fourth-order valence-corrected chi connectivity index (χ4v) is 2.42. The van der Waals surface area contributed by atoms with E-state index in [2.05, 4.69) is 27.3 Å². The normalized spacial score (nSPS) is 15.6. The highest BCUT2D eigenvalue weighted by Crippen LogP contribution is 2.29. The maximum absolute atomic E-state index is 5.62. The lowest BCUT2D eigenvalue weighted by Gasteiger charge is -2.24. The summed E-state index contributed by atoms with van der Waals surface area (Å²) in [5, 5.41) is 3.36. The van der Waals surface area contributed by atoms with Gasteiger partial charge in [0.2, 0.25) is 0 Å². The molecule has 1 fully saturated rings. The van der Waals surface area contributed by atoms with Gasteiger partial charge in [-0.3, -0.25) is 0 Å². The van der Waals surface area contributed by atoms with Gasteiger partial charge in [-0.05, 0) is 40.4 Å². The van der Waals surface area contributed by atoms with Crippen LogP contribution in [0.2, 0.25) is 0 Å². The van der Waals surface area contributed by atoms with Crippen LogP contribution in [0.3, 0.4) is 0 Å². The van der Waals surface area contributed by atoms with Gasteiger partial charge in [0.25, 0.3) is 0 Å². The van der Waals surface area contributed by atoms with Crippen molar-refractivity contribution < 1.29 is 4.74 Å². The maximum atomic E-state index is 5.62. The molecule has 2 nitrogen and oxygen atoms in total. The van der Waals surface area contributed by atoms with Crippen molar-refractivity contribution in [3.05, 3.63) is 28.7 Å². The molecule has 0 aliphatic heterocycles. The number of benzene rings is 1. The summed E-state index contributed by atoms with van der Waals surface area (Å²) in [6.45, 7) is 2.57. The van der Waals surface area contributed by atoms with E-state index in [1.165, 1.54) is 25.7 Å². The number of para-hydroxylation sites is 1. The molecule has 0 aromatic heterocycles. The minimum Gasteiger partial charge on any atom is -0.382 e. The lowest BCUT2D eigenvalue weighted by Crippen LogP contribution is -2.15. The number of halogens is 1. The Bertz CT molecular complexity index is 339. The van der Waals surface area contributed by atoms with Crippen LogP contribution in [0, 0.1) is 5.92 Å². The van der Waals surface area contributed by atoms with Gasteiger partial charge in [-0.15, -0.1) is 0 Å². The average Bonchev–Trinajstić information content (AvgIpc) is 2.28. The molecule has 2 rings (SSSR count). The SMILES string of the molecule is Brc1ccccc1NCCOCCC1CCC1. The van der Waals surface area contributed by atoms with Crippen LogP contribution in [-0.4, -0.2) is 19.8 Å². The predicted molar refractivity (Wildman–Crippen MR) is 75.4 cm³/mol. The first-order valence-corrected chi connectivity index (χ1v) is 7.21. The van der Waals surface area contributed by atoms with Crippen molar-refractivity contribution in [1.82, 2.24) is 0 Å². The molecule has 1 N–H and O–H groups in total. The van der Waals surface area contributed by atoms with Crippen LogP contribution in [0.15, 0.2) is 28.7 Å². The number of nitrogens with one attached hydrogen (secondary N) is 1. The Morgan fingerprint density at radius 3 is 2.76 bits per heavy atom. The van der Waals surface area contributed by atoms with E-state index in [1.807, 2.05) is 18.2 Å². The summed E-state index contributed by atoms with van der Waals surface area (Å²) in [6.07, 6.45) is 5.50. The highest BCUT2D eigenvalue weighted by molar-refractivity contribution is 9.10. The van der Waals surface area contributed by atoms with Crippen LogP contribution < -0.4 is 5.32 Å². The van der Waals surface area contributed by atoms with Crippen molar-refractivity contribution >= 4 is 21.6 Å². The Hall–Kier alpha value is -0.540. The van der Waals surface area contributed by atoms with Gasteiger partial charge >= 0.3 is 0 Å². The lowest BCUT2D eigenvalue weighted by molar-refractivity contribution is 0.114. The largest absolute Gasteiger partial charge is 0.382 e. The summed E-state index contributed by atoms with van der Waals surface area (Å²) < 4.78 is 6.73. The van der Waals surface area contributed by atoms with E-state index in [1.54, 1.807) is 0 Å². The minimum absolute atomic E-state index is 0.786. The summed E-state index contributed by atoms with van der Waals surface area (Å²) in [7, 11) is 0. The van der Waals surface area contributed by atoms with Gasteiger partial charge in [-0.1, -0.05) is 31.4 Å². The van der Waals surface area contributed by atoms with E-state index in [4.69, 9.17) is 4.74 Å². The standard InChI is InChI=1S/C14H20BrNO/c15-13-6-1-2-7-14(13)16-9-11-17-10-8-12-4-3-5-12/h1-2,6-7,12,16H,3-5,8-11H2. The molecular weight excluding hydrogens is 278 g/mol. The molecule has 0 amide bonds. The molecule has 0 unspecified atom stereocenters. The van der Waals surface area contributed by atoms with Gasteiger partial charge < -0.3 is 10.1 Å². The Morgan fingerprint density at radius 2 is 2.06 bits per heavy atom. The second kappa shape index (κ2) is 7.02. The van der Waals surface area contributed by atoms with Gasteiger partial charge in [0.1, 0.15) is 0 Å². The third kappa shape index (κ3) is 4.32. The van der Waals surface area contributed by atoms with E-state index in [-0.39, 0.29) is 0 Å². The van der Waals surface area contributed by atoms with Crippen LogP contribution >= 0.6 is 15.9 Å². The minimum atomic E-state index is 0.786. The van der Waals surface area contributed by atoms with Gasteiger partial charge in [-0.25, -0.2) is 0 Å². The molecular formula is C14H20BrNO. The molecule has 3 heteroatoms. The fourth-order valence-electron chi connectivity index (χ4n) is 2.00. The summed E-state index contributed by atoms with van der Waals surface area (Å²) in [5.41, 5.74) is 1.13. The maximum Gasteiger partial charge on any atom is 0.0639 e. The highest BCUT2D eigenvalue weighted by atomic mass is 79.9. The summed E-state index contributed by atoms with van der Waals surface area (Å²) in [6, 6.07) is 8.16. The number of ether oxygens (including phenoxy) is 1. The molecule has 1 aliphatic carbocycles. The molecule has 1 saturated carbocycles. The predicted octanol–water partition coefficient (Wildman–Crippen LogP) is 4.07. The second-order valence-electron chi connectivity index (χ2n) is 4.60. The molecule has 0 atom stereocenters. The first-order valence-electron chi connectivity index (χ1n) is 6.42. The monoisotopic (exact) mass is 297 g/mol. The van der Waals surface area contributed by atoms with Crippen LogP contribution in [0.5, 0.6) is 0 Å². The van der Waals surface area contributed by atoms with E-state index in [9.17, 15) is 0 Å². The first-order chi connectivity index (χ1) is 8.36. The zero-order valence-corrected chi connectivity index (χ0v) is 11.7. The summed E-state index contributed by atoms with van der Waals surface area (Å²) in [4.78, 5) is 0. The Labute approximate surface area is 112 Å². The number of anilines is 1. The fraction of sp³-hybridized carbons (Fsp3) is 0.571. The van der Waals surface area contributed by atoms with E-state index in [0.29, 0.717) is 0 Å². The van der Waals surface area contributed by atoms with Crippen molar-refractivity contribution in [1.29, 1.82) is 0 Å². The van der Waals surface area contributed by atoms with Gasteiger partial charge in [0, 0.05) is 23.3 Å². The van der Waals surface area contributed by atoms with E-state index >= 15 is 0 Å². The average molecular weight is 298 g/mol. The van der Waals surface area contributed by atoms with Crippen LogP contribution in [0.4, 0.5) is 5.69 Å². The molecule has 0 bridgehead atoms. The summed E-state index contributed by atoms with van der Waals surface area (Å²) in [5.74, 6) is 0.950. The van der Waals surface area contributed by atoms with E-state index < -0.39 is 0 Å². The van der Waals surface area contributed by atoms with Crippen molar-refractivity contribution in [2.45, 2.75) is 25.7 Å². The summed E-state index contributed by atoms with van der Waals surface area (Å²) >= 11 is 3.51. The second-order valence-corrected chi connectivity index (χ2v) is 5.46. The topological polar surface area (TPSA) is 21.3 Å². The molecule has 0 radical (unpaired) electrons. The molecule has 17 heavy (non-hydrogen) atoms. The molecule has 94 valence electrons. The van der Waals surface area contributed by atoms with Crippen molar-refractivity contribution in [3.8, 4) is 0 Å². The number of rotatable bonds is 7. The molecule has 0 saturated heterocycles. The smallest absolute Gasteiger partial charge is 0.0639 e. The molecule has 0 spiro atoms. The van der Waals surface area contributed by atoms with Crippen molar-refractivity contribution in [3.63, 3.8) is 0 Å². The number of hydrogen-bond acceptors (Lipinski definition) is 2. The van der Waals surface area contributed by atoms with Crippen LogP contribution in [0.25, 0.3) is 0 Å². The zero-order valence-electron chi connectivity index (χ0n) is 10.1. The van der Waals surface area contributed by atoms with Crippen molar-refractivity contribution in [2.75, 3.05) is 25.1 Å². The highest BCUT2D eigenvalue weighted by Gasteiger charge is 2.16. The molecule has 1 aromatic rings. The third-order valence-electron chi connectivity index (χ3n) is 3.33. The molecule has 0 heterocycles. The number of hydrogen-bond donors (Lipinski definition) is 1. The lowest BCUT2D eigenvalue weighted by atomic mass is 9.83.